The number of allylic oxidation sites excluding steroid dienone is 2. The molecule has 160 valence electrons. The predicted molar refractivity (Wildman–Crippen MR) is 122 cm³/mol. The van der Waals surface area contributed by atoms with E-state index >= 15 is 0 Å². The van der Waals surface area contributed by atoms with Crippen molar-refractivity contribution in [2.24, 2.45) is 23.7 Å². The molecule has 1 saturated carbocycles. The molecule has 0 amide bonds. The maximum atomic E-state index is 6.98. The SMILES string of the molecule is COCO[C@@H]1[C@@H](C)[C@@H](C)[C@H](O[Si](C)(C)C(C)(C)C)[C@@H](C)[C@@H]1C/C=C(\C)CBr. The number of alkyl halides is 1. The Bertz CT molecular complexity index is 486. The third kappa shape index (κ3) is 6.40. The first kappa shape index (κ1) is 25.4. The van der Waals surface area contributed by atoms with E-state index in [0.717, 1.165) is 11.8 Å². The largest absolute Gasteiger partial charge is 0.413 e. The van der Waals surface area contributed by atoms with E-state index in [0.29, 0.717) is 30.5 Å². The number of methoxy groups -OCH3 is 1. The average molecular weight is 464 g/mol. The molecule has 5 heteroatoms. The molecule has 27 heavy (non-hydrogen) atoms. The van der Waals surface area contributed by atoms with Gasteiger partial charge in [-0.2, -0.15) is 0 Å². The van der Waals surface area contributed by atoms with Gasteiger partial charge in [0.05, 0.1) is 12.2 Å². The van der Waals surface area contributed by atoms with Crippen LogP contribution in [0.15, 0.2) is 11.6 Å². The Morgan fingerprint density at radius 2 is 1.59 bits per heavy atom. The molecule has 1 fully saturated rings. The second-order valence-corrected chi connectivity index (χ2v) is 15.4. The van der Waals surface area contributed by atoms with Crippen LogP contribution in [0.4, 0.5) is 0 Å². The third-order valence-electron chi connectivity index (χ3n) is 7.05. The van der Waals surface area contributed by atoms with Crippen molar-refractivity contribution in [1.82, 2.24) is 0 Å². The Balaban J connectivity index is 3.14. The molecule has 0 unspecified atom stereocenters. The lowest BCUT2D eigenvalue weighted by molar-refractivity contribution is -0.165. The van der Waals surface area contributed by atoms with Gasteiger partial charge in [-0.05, 0) is 55.1 Å². The molecule has 0 aromatic carbocycles. The summed E-state index contributed by atoms with van der Waals surface area (Å²) >= 11 is 3.57. The number of hydrogen-bond donors (Lipinski definition) is 0. The summed E-state index contributed by atoms with van der Waals surface area (Å²) in [7, 11) is -0.121. The summed E-state index contributed by atoms with van der Waals surface area (Å²) in [5, 5.41) is 1.15. The Hall–Kier alpha value is 0.317. The zero-order chi connectivity index (χ0) is 21.0. The van der Waals surface area contributed by atoms with Crippen LogP contribution >= 0.6 is 15.9 Å². The zero-order valence-corrected chi connectivity index (χ0v) is 21.9. The Kier molecular flexibility index (Phi) is 9.74. The lowest BCUT2D eigenvalue weighted by atomic mass is 9.65. The second kappa shape index (κ2) is 10.4. The highest BCUT2D eigenvalue weighted by Gasteiger charge is 2.49. The van der Waals surface area contributed by atoms with Crippen LogP contribution in [0.5, 0.6) is 0 Å². The Morgan fingerprint density at radius 1 is 1.04 bits per heavy atom. The van der Waals surface area contributed by atoms with Gasteiger partial charge < -0.3 is 13.9 Å². The van der Waals surface area contributed by atoms with Gasteiger partial charge in [0.1, 0.15) is 6.79 Å². The fraction of sp³-hybridized carbons (Fsp3) is 0.909. The molecule has 0 heterocycles. The van der Waals surface area contributed by atoms with Gasteiger partial charge in [0.2, 0.25) is 0 Å². The molecule has 0 radical (unpaired) electrons. The lowest BCUT2D eigenvalue weighted by Crippen LogP contribution is -2.56. The highest BCUT2D eigenvalue weighted by atomic mass is 79.9. The fourth-order valence-electron chi connectivity index (χ4n) is 3.90. The highest BCUT2D eigenvalue weighted by molar-refractivity contribution is 9.09. The standard InChI is InChI=1S/C22H43BrO3Si/c1-15(13-23)11-12-19-18(4)20(26-27(9,10)22(5,6)7)16(2)17(3)21(19)25-14-24-8/h11,16-21H,12-14H2,1-10H3/b15-11+/t16-,17+,18+,19+,20+,21-/m1/s1. The van der Waals surface area contributed by atoms with Crippen LogP contribution in [0.25, 0.3) is 0 Å². The van der Waals surface area contributed by atoms with Crippen LogP contribution in [0.2, 0.25) is 18.1 Å². The normalized spacial score (nSPS) is 33.4. The van der Waals surface area contributed by atoms with Gasteiger partial charge >= 0.3 is 0 Å². The summed E-state index contributed by atoms with van der Waals surface area (Å²) < 4.78 is 18.4. The number of hydrogen-bond acceptors (Lipinski definition) is 3. The molecule has 0 aromatic heterocycles. The van der Waals surface area contributed by atoms with Gasteiger partial charge in [-0.15, -0.1) is 0 Å². The summed E-state index contributed by atoms with van der Waals surface area (Å²) in [6.45, 7) is 21.3. The van der Waals surface area contributed by atoms with Crippen molar-refractivity contribution < 1.29 is 13.9 Å². The van der Waals surface area contributed by atoms with Crippen molar-refractivity contribution in [2.45, 2.75) is 85.2 Å². The second-order valence-electron chi connectivity index (χ2n) is 10.0. The summed E-state index contributed by atoms with van der Waals surface area (Å²) in [5.74, 6) is 1.80. The van der Waals surface area contributed by atoms with Crippen molar-refractivity contribution >= 4 is 24.2 Å². The van der Waals surface area contributed by atoms with Gasteiger partial charge in [0, 0.05) is 12.4 Å². The monoisotopic (exact) mass is 462 g/mol. The molecule has 3 nitrogen and oxygen atoms in total. The smallest absolute Gasteiger partial charge is 0.192 e. The molecule has 1 aliphatic rings. The molecule has 0 N–H and O–H groups in total. The molecule has 0 aliphatic heterocycles. The van der Waals surface area contributed by atoms with Crippen LogP contribution < -0.4 is 0 Å². The van der Waals surface area contributed by atoms with E-state index in [2.05, 4.69) is 83.6 Å². The number of rotatable bonds is 8. The molecule has 6 atom stereocenters. The fourth-order valence-corrected chi connectivity index (χ4v) is 5.60. The van der Waals surface area contributed by atoms with E-state index in [1.807, 2.05) is 0 Å². The number of halogens is 1. The van der Waals surface area contributed by atoms with Crippen molar-refractivity contribution in [2.75, 3.05) is 19.2 Å². The van der Waals surface area contributed by atoms with E-state index < -0.39 is 8.32 Å². The minimum absolute atomic E-state index is 0.202. The quantitative estimate of drug-likeness (QED) is 0.175. The predicted octanol–water partition coefficient (Wildman–Crippen LogP) is 6.64. The van der Waals surface area contributed by atoms with Gasteiger partial charge in [-0.1, -0.05) is 69.1 Å². The molecule has 0 aromatic rings. The van der Waals surface area contributed by atoms with Gasteiger partial charge in [0.15, 0.2) is 8.32 Å². The molecule has 0 spiro atoms. The molecular formula is C22H43BrO3Si. The first-order valence-corrected chi connectivity index (χ1v) is 14.4. The average Bonchev–Trinajstić information content (AvgIpc) is 2.58. The van der Waals surface area contributed by atoms with Gasteiger partial charge in [-0.3, -0.25) is 0 Å². The zero-order valence-electron chi connectivity index (χ0n) is 19.3. The van der Waals surface area contributed by atoms with E-state index in [-0.39, 0.29) is 17.2 Å². The van der Waals surface area contributed by atoms with E-state index in [1.54, 1.807) is 7.11 Å². The maximum absolute atomic E-state index is 6.98. The lowest BCUT2D eigenvalue weighted by Gasteiger charge is -2.52. The summed E-state index contributed by atoms with van der Waals surface area (Å²) in [4.78, 5) is 0. The minimum atomic E-state index is -1.82. The highest BCUT2D eigenvalue weighted by Crippen LogP contribution is 2.46. The van der Waals surface area contributed by atoms with Crippen LogP contribution in [0.1, 0.15) is 54.9 Å². The van der Waals surface area contributed by atoms with Crippen molar-refractivity contribution in [3.63, 3.8) is 0 Å². The minimum Gasteiger partial charge on any atom is -0.413 e. The van der Waals surface area contributed by atoms with Gasteiger partial charge in [0.25, 0.3) is 0 Å². The van der Waals surface area contributed by atoms with Crippen LogP contribution in [0.3, 0.4) is 0 Å². The summed E-state index contributed by atoms with van der Waals surface area (Å²) in [5.41, 5.74) is 1.38. The topological polar surface area (TPSA) is 27.7 Å². The van der Waals surface area contributed by atoms with Gasteiger partial charge in [-0.25, -0.2) is 0 Å². The third-order valence-corrected chi connectivity index (χ3v) is 12.4. The first-order chi connectivity index (χ1) is 12.4. The Morgan fingerprint density at radius 3 is 2.07 bits per heavy atom. The van der Waals surface area contributed by atoms with Crippen molar-refractivity contribution in [3.8, 4) is 0 Å². The molecule has 0 saturated heterocycles. The number of ether oxygens (including phenoxy) is 2. The van der Waals surface area contributed by atoms with E-state index in [1.165, 1.54) is 5.57 Å². The first-order valence-electron chi connectivity index (χ1n) is 10.4. The summed E-state index contributed by atoms with van der Waals surface area (Å²) in [6, 6.07) is 0. The molecule has 0 bridgehead atoms. The van der Waals surface area contributed by atoms with Crippen molar-refractivity contribution in [1.29, 1.82) is 0 Å². The maximum Gasteiger partial charge on any atom is 0.192 e. The van der Waals surface area contributed by atoms with E-state index in [9.17, 15) is 0 Å². The molecule has 1 rings (SSSR count). The molecule has 1 aliphatic carbocycles. The van der Waals surface area contributed by atoms with E-state index in [4.69, 9.17) is 13.9 Å². The van der Waals surface area contributed by atoms with Crippen LogP contribution in [-0.4, -0.2) is 39.8 Å². The van der Waals surface area contributed by atoms with Crippen molar-refractivity contribution in [3.05, 3.63) is 11.6 Å². The van der Waals surface area contributed by atoms with Crippen LogP contribution in [0, 0.1) is 23.7 Å². The van der Waals surface area contributed by atoms with Crippen LogP contribution in [-0.2, 0) is 13.9 Å². The Labute approximate surface area is 177 Å². The molecular weight excluding hydrogens is 420 g/mol. The summed E-state index contributed by atoms with van der Waals surface area (Å²) in [6.07, 6.45) is 3.88.